The molecule has 0 aromatic rings. The Hall–Kier alpha value is -1.59. The van der Waals surface area contributed by atoms with Crippen LogP contribution in [0.4, 0.5) is 0 Å². The molecule has 6 heteroatoms. The van der Waals surface area contributed by atoms with Crippen LogP contribution in [-0.2, 0) is 9.59 Å². The van der Waals surface area contributed by atoms with Gasteiger partial charge in [0.15, 0.2) is 5.96 Å². The number of aliphatic imine (C=N–C) groups is 1. The normalized spacial score (nSPS) is 28.3. The number of hydrogen-bond acceptors (Lipinski definition) is 4. The molecule has 2 amide bonds. The Morgan fingerprint density at radius 3 is 2.59 bits per heavy atom. The van der Waals surface area contributed by atoms with E-state index in [1.165, 1.54) is 32.1 Å². The van der Waals surface area contributed by atoms with Gasteiger partial charge in [0.25, 0.3) is 5.91 Å². The highest BCUT2D eigenvalue weighted by molar-refractivity contribution is 6.06. The number of hydrogen-bond donors (Lipinski definition) is 1. The fraction of sp³-hybridized carbons (Fsp3) is 0.870. The average molecular weight is 405 g/mol. The maximum absolute atomic E-state index is 13.3. The number of likely N-dealkylation sites (tertiary alicyclic amines) is 1. The Balaban J connectivity index is 1.66. The molecule has 2 atom stereocenters. The maximum Gasteiger partial charge on any atom is 0.257 e. The first-order valence-corrected chi connectivity index (χ1v) is 11.9. The van der Waals surface area contributed by atoms with Crippen LogP contribution < -0.4 is 5.73 Å². The van der Waals surface area contributed by atoms with Crippen LogP contribution in [0.3, 0.4) is 0 Å². The molecule has 0 aromatic carbocycles. The van der Waals surface area contributed by atoms with Crippen molar-refractivity contribution >= 4 is 17.8 Å². The highest BCUT2D eigenvalue weighted by atomic mass is 16.2. The number of rotatable bonds is 9. The number of nitrogens with zero attached hydrogens (tertiary/aromatic N) is 3. The quantitative estimate of drug-likeness (QED) is 0.636. The Morgan fingerprint density at radius 2 is 1.93 bits per heavy atom. The summed E-state index contributed by atoms with van der Waals surface area (Å²) in [5, 5.41) is 0. The second-order valence-electron chi connectivity index (χ2n) is 9.40. The number of nitrogens with two attached hydrogens (primary N) is 1. The summed E-state index contributed by atoms with van der Waals surface area (Å²) in [6.45, 7) is 6.23. The highest BCUT2D eigenvalue weighted by Crippen LogP contribution is 2.39. The van der Waals surface area contributed by atoms with Gasteiger partial charge in [-0.05, 0) is 50.9 Å². The first-order valence-electron chi connectivity index (χ1n) is 11.9. The van der Waals surface area contributed by atoms with Gasteiger partial charge in [-0.3, -0.25) is 14.5 Å². The molecule has 29 heavy (non-hydrogen) atoms. The lowest BCUT2D eigenvalue weighted by Crippen LogP contribution is -2.45. The maximum atomic E-state index is 13.3. The number of carbonyl (C=O) groups excluding carboxylic acids is 2. The van der Waals surface area contributed by atoms with E-state index in [0.29, 0.717) is 24.8 Å². The second kappa shape index (κ2) is 9.94. The van der Waals surface area contributed by atoms with E-state index >= 15 is 0 Å². The minimum absolute atomic E-state index is 0.0871. The number of amides is 2. The molecular weight excluding hydrogens is 364 g/mol. The predicted octanol–water partition coefficient (Wildman–Crippen LogP) is 3.69. The lowest BCUT2D eigenvalue weighted by atomic mass is 9.78. The molecule has 2 fully saturated rings. The van der Waals surface area contributed by atoms with Crippen molar-refractivity contribution in [1.29, 1.82) is 0 Å². The molecule has 3 rings (SSSR count). The van der Waals surface area contributed by atoms with Crippen LogP contribution >= 0.6 is 0 Å². The van der Waals surface area contributed by atoms with Crippen LogP contribution in [-0.4, -0.2) is 52.7 Å². The molecule has 2 aliphatic heterocycles. The minimum atomic E-state index is -0.704. The van der Waals surface area contributed by atoms with E-state index < -0.39 is 5.54 Å². The SMILES string of the molecule is CCCCC(=O)N1CCC(CC2(CCC3CCCCC3)N=C(N)N(CC)C2=O)C1. The molecule has 164 valence electrons. The fourth-order valence-corrected chi connectivity index (χ4v) is 5.49. The fourth-order valence-electron chi connectivity index (χ4n) is 5.49. The van der Waals surface area contributed by atoms with Crippen molar-refractivity contribution in [3.63, 3.8) is 0 Å². The van der Waals surface area contributed by atoms with Gasteiger partial charge in [-0.1, -0.05) is 45.4 Å². The summed E-state index contributed by atoms with van der Waals surface area (Å²) in [6, 6.07) is 0. The third kappa shape index (κ3) is 5.13. The Kier molecular flexibility index (Phi) is 7.58. The zero-order chi connectivity index (χ0) is 20.9. The number of likely N-dealkylation sites (N-methyl/N-ethyl adjacent to an activating group) is 1. The van der Waals surface area contributed by atoms with Gasteiger partial charge in [0.1, 0.15) is 5.54 Å². The molecule has 0 bridgehead atoms. The van der Waals surface area contributed by atoms with E-state index in [1.807, 2.05) is 11.8 Å². The van der Waals surface area contributed by atoms with Crippen molar-refractivity contribution in [2.45, 2.75) is 96.4 Å². The number of unbranched alkanes of at least 4 members (excludes halogenated alkanes) is 1. The lowest BCUT2D eigenvalue weighted by molar-refractivity contribution is -0.132. The van der Waals surface area contributed by atoms with Crippen molar-refractivity contribution < 1.29 is 9.59 Å². The van der Waals surface area contributed by atoms with Gasteiger partial charge in [-0.2, -0.15) is 0 Å². The van der Waals surface area contributed by atoms with E-state index in [2.05, 4.69) is 6.92 Å². The molecule has 1 aliphatic carbocycles. The van der Waals surface area contributed by atoms with E-state index in [-0.39, 0.29) is 11.8 Å². The first-order chi connectivity index (χ1) is 14.0. The van der Waals surface area contributed by atoms with E-state index in [1.54, 1.807) is 4.90 Å². The molecular formula is C23H40N4O2. The van der Waals surface area contributed by atoms with Crippen molar-refractivity contribution in [3.8, 4) is 0 Å². The van der Waals surface area contributed by atoms with Gasteiger partial charge in [-0.15, -0.1) is 0 Å². The number of carbonyl (C=O) groups is 2. The smallest absolute Gasteiger partial charge is 0.257 e. The third-order valence-electron chi connectivity index (χ3n) is 7.26. The third-order valence-corrected chi connectivity index (χ3v) is 7.26. The van der Waals surface area contributed by atoms with Crippen LogP contribution in [0.1, 0.15) is 90.9 Å². The molecule has 0 aromatic heterocycles. The molecule has 6 nitrogen and oxygen atoms in total. The second-order valence-corrected chi connectivity index (χ2v) is 9.40. The topological polar surface area (TPSA) is 79.0 Å². The Morgan fingerprint density at radius 1 is 1.17 bits per heavy atom. The van der Waals surface area contributed by atoms with Crippen LogP contribution in [0, 0.1) is 11.8 Å². The van der Waals surface area contributed by atoms with Crippen molar-refractivity contribution in [2.75, 3.05) is 19.6 Å². The average Bonchev–Trinajstić information content (AvgIpc) is 3.28. The molecule has 1 saturated heterocycles. The number of guanidine groups is 1. The summed E-state index contributed by atoms with van der Waals surface area (Å²) in [5.74, 6) is 1.79. The predicted molar refractivity (Wildman–Crippen MR) is 116 cm³/mol. The monoisotopic (exact) mass is 404 g/mol. The van der Waals surface area contributed by atoms with E-state index in [0.717, 1.165) is 57.5 Å². The van der Waals surface area contributed by atoms with Gasteiger partial charge < -0.3 is 10.6 Å². The molecule has 0 radical (unpaired) electrons. The summed E-state index contributed by atoms with van der Waals surface area (Å²) in [4.78, 5) is 34.2. The summed E-state index contributed by atoms with van der Waals surface area (Å²) < 4.78 is 0. The highest BCUT2D eigenvalue weighted by Gasteiger charge is 2.49. The molecule has 3 aliphatic rings. The summed E-state index contributed by atoms with van der Waals surface area (Å²) >= 11 is 0. The zero-order valence-electron chi connectivity index (χ0n) is 18.5. The van der Waals surface area contributed by atoms with Crippen molar-refractivity contribution in [1.82, 2.24) is 9.80 Å². The van der Waals surface area contributed by atoms with Crippen LogP contribution in [0.25, 0.3) is 0 Å². The van der Waals surface area contributed by atoms with Gasteiger partial charge in [-0.25, -0.2) is 4.99 Å². The largest absolute Gasteiger partial charge is 0.369 e. The summed E-state index contributed by atoms with van der Waals surface area (Å²) in [5.41, 5.74) is 5.46. The Bertz CT molecular complexity index is 614. The minimum Gasteiger partial charge on any atom is -0.369 e. The van der Waals surface area contributed by atoms with Gasteiger partial charge >= 0.3 is 0 Å². The van der Waals surface area contributed by atoms with Crippen molar-refractivity contribution in [3.05, 3.63) is 0 Å². The van der Waals surface area contributed by atoms with E-state index in [4.69, 9.17) is 10.7 Å². The molecule has 1 saturated carbocycles. The van der Waals surface area contributed by atoms with Gasteiger partial charge in [0.05, 0.1) is 0 Å². The summed E-state index contributed by atoms with van der Waals surface area (Å²) in [7, 11) is 0. The Labute approximate surface area is 176 Å². The lowest BCUT2D eigenvalue weighted by Gasteiger charge is -2.31. The molecule has 2 heterocycles. The summed E-state index contributed by atoms with van der Waals surface area (Å²) in [6.07, 6.45) is 12.7. The van der Waals surface area contributed by atoms with Crippen LogP contribution in [0.15, 0.2) is 4.99 Å². The van der Waals surface area contributed by atoms with E-state index in [9.17, 15) is 9.59 Å². The standard InChI is InChI=1S/C23H40N4O2/c1-3-5-11-20(28)26-15-13-19(17-26)16-23(14-12-18-9-7-6-8-10-18)21(29)27(4-2)22(24)25-23/h18-19H,3-17H2,1-2H3,(H2,24,25). The van der Waals surface area contributed by atoms with Crippen LogP contribution in [0.5, 0.6) is 0 Å². The van der Waals surface area contributed by atoms with Crippen LogP contribution in [0.2, 0.25) is 0 Å². The molecule has 2 unspecified atom stereocenters. The van der Waals surface area contributed by atoms with Gasteiger partial charge in [0.2, 0.25) is 5.91 Å². The zero-order valence-corrected chi connectivity index (χ0v) is 18.5. The van der Waals surface area contributed by atoms with Crippen molar-refractivity contribution in [2.24, 2.45) is 22.6 Å². The first kappa shape index (κ1) is 22.1. The molecule has 0 spiro atoms. The molecule has 2 N–H and O–H groups in total. The van der Waals surface area contributed by atoms with Gasteiger partial charge in [0, 0.05) is 26.1 Å².